The molecule has 152 valence electrons. The van der Waals surface area contributed by atoms with Crippen LogP contribution in [0.4, 0.5) is 5.95 Å². The number of piperidine rings is 1. The van der Waals surface area contributed by atoms with E-state index in [9.17, 15) is 9.59 Å². The van der Waals surface area contributed by atoms with Gasteiger partial charge >= 0.3 is 5.69 Å². The molecule has 3 heterocycles. The Morgan fingerprint density at radius 2 is 1.96 bits per heavy atom. The first-order valence-electron chi connectivity index (χ1n) is 10.2. The number of hydrogen-bond acceptors (Lipinski definition) is 5. The number of hydrogen-bond donors (Lipinski definition) is 1. The van der Waals surface area contributed by atoms with Gasteiger partial charge in [-0.15, -0.1) is 0 Å². The molecule has 2 aromatic heterocycles. The lowest BCUT2D eigenvalue weighted by Crippen LogP contribution is -2.44. The molecule has 2 aromatic rings. The summed E-state index contributed by atoms with van der Waals surface area (Å²) < 4.78 is 4.88. The maximum atomic E-state index is 13.3. The molecule has 4 rings (SSSR count). The number of rotatable bonds is 5. The van der Waals surface area contributed by atoms with Crippen molar-refractivity contribution in [2.45, 2.75) is 58.7 Å². The summed E-state index contributed by atoms with van der Waals surface area (Å²) in [6, 6.07) is 0.0980. The van der Waals surface area contributed by atoms with Crippen LogP contribution in [0, 0.1) is 5.92 Å². The molecule has 2 N–H and O–H groups in total. The van der Waals surface area contributed by atoms with E-state index in [1.165, 1.54) is 14.7 Å². The first kappa shape index (κ1) is 19.0. The molecule has 1 atom stereocenters. The van der Waals surface area contributed by atoms with Gasteiger partial charge in [0.1, 0.15) is 0 Å². The second kappa shape index (κ2) is 7.24. The molecule has 0 spiro atoms. The summed E-state index contributed by atoms with van der Waals surface area (Å²) in [4.78, 5) is 33.0. The summed E-state index contributed by atoms with van der Waals surface area (Å²) in [6.45, 7) is 6.70. The van der Waals surface area contributed by atoms with Crippen molar-refractivity contribution in [2.75, 3.05) is 18.0 Å². The van der Waals surface area contributed by atoms with E-state index in [1.807, 2.05) is 18.4 Å². The molecule has 8 heteroatoms. The number of allylic oxidation sites excluding steroid dienone is 2. The van der Waals surface area contributed by atoms with Crippen molar-refractivity contribution in [3.05, 3.63) is 32.5 Å². The third kappa shape index (κ3) is 3.41. The number of nitrogens with two attached hydrogens (primary N) is 1. The van der Waals surface area contributed by atoms with Crippen LogP contribution in [0.1, 0.15) is 39.5 Å². The number of anilines is 1. The average Bonchev–Trinajstić information content (AvgIpc) is 3.39. The minimum atomic E-state index is -0.279. The lowest BCUT2D eigenvalue weighted by Gasteiger charge is -2.31. The highest BCUT2D eigenvalue weighted by atomic mass is 16.2. The zero-order valence-corrected chi connectivity index (χ0v) is 17.0. The predicted octanol–water partition coefficient (Wildman–Crippen LogP) is 1.20. The van der Waals surface area contributed by atoms with Gasteiger partial charge in [0.15, 0.2) is 11.2 Å². The quantitative estimate of drug-likeness (QED) is 0.780. The molecule has 2 aliphatic rings. The fourth-order valence-electron chi connectivity index (χ4n) is 3.96. The number of imidazole rings is 1. The van der Waals surface area contributed by atoms with Gasteiger partial charge in [0.25, 0.3) is 5.56 Å². The highest BCUT2D eigenvalue weighted by Crippen LogP contribution is 2.30. The van der Waals surface area contributed by atoms with E-state index in [1.54, 1.807) is 7.05 Å². The Bertz CT molecular complexity index is 1040. The SMILES string of the molecule is CC(C)=CCn1c(N2CCCC(N)C2)nc2c1c(=O)n(CC1CC1)c(=O)n2C. The molecular weight excluding hydrogens is 356 g/mol. The van der Waals surface area contributed by atoms with Gasteiger partial charge < -0.3 is 15.2 Å². The van der Waals surface area contributed by atoms with Crippen molar-refractivity contribution in [2.24, 2.45) is 18.7 Å². The first-order valence-corrected chi connectivity index (χ1v) is 10.2. The van der Waals surface area contributed by atoms with Crippen LogP contribution in [0.3, 0.4) is 0 Å². The van der Waals surface area contributed by atoms with E-state index < -0.39 is 0 Å². The Hall–Kier alpha value is -2.35. The molecular formula is C20H30N6O2. The second-order valence-corrected chi connectivity index (χ2v) is 8.53. The smallest absolute Gasteiger partial charge is 0.332 e. The largest absolute Gasteiger partial charge is 0.341 e. The van der Waals surface area contributed by atoms with E-state index >= 15 is 0 Å². The summed E-state index contributed by atoms with van der Waals surface area (Å²) >= 11 is 0. The Balaban J connectivity index is 1.93. The van der Waals surface area contributed by atoms with Crippen LogP contribution < -0.4 is 21.9 Å². The molecule has 28 heavy (non-hydrogen) atoms. The van der Waals surface area contributed by atoms with Crippen LogP contribution in [-0.2, 0) is 20.1 Å². The Morgan fingerprint density at radius 3 is 2.61 bits per heavy atom. The summed E-state index contributed by atoms with van der Waals surface area (Å²) in [5.41, 5.74) is 7.82. The lowest BCUT2D eigenvalue weighted by atomic mass is 10.1. The molecule has 1 aliphatic heterocycles. The van der Waals surface area contributed by atoms with Gasteiger partial charge in [0.2, 0.25) is 5.95 Å². The van der Waals surface area contributed by atoms with Crippen LogP contribution in [0.2, 0.25) is 0 Å². The minimum absolute atomic E-state index is 0.0980. The van der Waals surface area contributed by atoms with Crippen LogP contribution in [0.5, 0.6) is 0 Å². The topological polar surface area (TPSA) is 91.1 Å². The van der Waals surface area contributed by atoms with Gasteiger partial charge in [-0.2, -0.15) is 4.98 Å². The van der Waals surface area contributed by atoms with E-state index in [2.05, 4.69) is 11.0 Å². The number of aryl methyl sites for hydroxylation is 1. The van der Waals surface area contributed by atoms with E-state index in [4.69, 9.17) is 10.7 Å². The number of nitrogens with zero attached hydrogens (tertiary/aromatic N) is 5. The summed E-state index contributed by atoms with van der Waals surface area (Å²) in [7, 11) is 1.71. The van der Waals surface area contributed by atoms with Crippen molar-refractivity contribution >= 4 is 17.1 Å². The molecule has 0 amide bonds. The van der Waals surface area contributed by atoms with Gasteiger partial charge in [-0.05, 0) is 45.4 Å². The summed E-state index contributed by atoms with van der Waals surface area (Å²) in [6.07, 6.45) is 6.25. The molecule has 1 aliphatic carbocycles. The van der Waals surface area contributed by atoms with Crippen molar-refractivity contribution in [3.8, 4) is 0 Å². The van der Waals surface area contributed by atoms with Crippen LogP contribution in [0.15, 0.2) is 21.2 Å². The predicted molar refractivity (Wildman–Crippen MR) is 111 cm³/mol. The summed E-state index contributed by atoms with van der Waals surface area (Å²) in [5, 5.41) is 0. The zero-order valence-electron chi connectivity index (χ0n) is 17.0. The number of aromatic nitrogens is 4. The van der Waals surface area contributed by atoms with Crippen LogP contribution >= 0.6 is 0 Å². The molecule has 1 unspecified atom stereocenters. The third-order valence-corrected chi connectivity index (χ3v) is 5.77. The fraction of sp³-hybridized carbons (Fsp3) is 0.650. The third-order valence-electron chi connectivity index (χ3n) is 5.77. The zero-order chi connectivity index (χ0) is 20.0. The monoisotopic (exact) mass is 386 g/mol. The fourth-order valence-corrected chi connectivity index (χ4v) is 3.96. The Labute approximate surface area is 164 Å². The van der Waals surface area contributed by atoms with E-state index in [-0.39, 0.29) is 17.3 Å². The molecule has 1 saturated heterocycles. The van der Waals surface area contributed by atoms with Gasteiger partial charge in [-0.25, -0.2) is 4.79 Å². The van der Waals surface area contributed by atoms with Crippen molar-refractivity contribution in [1.82, 2.24) is 18.7 Å². The molecule has 8 nitrogen and oxygen atoms in total. The van der Waals surface area contributed by atoms with Gasteiger partial charge in [-0.1, -0.05) is 11.6 Å². The van der Waals surface area contributed by atoms with Gasteiger partial charge in [-0.3, -0.25) is 13.9 Å². The van der Waals surface area contributed by atoms with Crippen molar-refractivity contribution in [3.63, 3.8) is 0 Å². The summed E-state index contributed by atoms with van der Waals surface area (Å²) in [5.74, 6) is 1.18. The molecule has 1 saturated carbocycles. The second-order valence-electron chi connectivity index (χ2n) is 8.53. The maximum Gasteiger partial charge on any atom is 0.332 e. The standard InChI is InChI=1S/C20H30N6O2/c1-13(2)8-10-25-16-17(22-19(25)24-9-4-5-15(21)12-24)23(3)20(28)26(18(16)27)11-14-6-7-14/h8,14-15H,4-7,9-12,21H2,1-3H3. The molecule has 0 bridgehead atoms. The highest BCUT2D eigenvalue weighted by molar-refractivity contribution is 5.74. The van der Waals surface area contributed by atoms with E-state index in [0.717, 1.165) is 38.2 Å². The molecule has 0 aromatic carbocycles. The molecule has 0 radical (unpaired) electrons. The van der Waals surface area contributed by atoms with Crippen molar-refractivity contribution < 1.29 is 0 Å². The maximum absolute atomic E-state index is 13.3. The minimum Gasteiger partial charge on any atom is -0.341 e. The Kier molecular flexibility index (Phi) is 4.91. The normalized spacial score (nSPS) is 20.0. The Morgan fingerprint density at radius 1 is 1.21 bits per heavy atom. The van der Waals surface area contributed by atoms with Crippen LogP contribution in [0.25, 0.3) is 11.2 Å². The highest BCUT2D eigenvalue weighted by Gasteiger charge is 2.28. The number of fused-ring (bicyclic) bond motifs is 1. The van der Waals surface area contributed by atoms with Crippen LogP contribution in [-0.4, -0.2) is 37.8 Å². The van der Waals surface area contributed by atoms with Crippen molar-refractivity contribution in [1.29, 1.82) is 0 Å². The van der Waals surface area contributed by atoms with E-state index in [0.29, 0.717) is 36.7 Å². The lowest BCUT2D eigenvalue weighted by molar-refractivity contribution is 0.495. The average molecular weight is 387 g/mol. The van der Waals surface area contributed by atoms with Gasteiger partial charge in [0, 0.05) is 39.3 Å². The first-order chi connectivity index (χ1) is 13.4. The van der Waals surface area contributed by atoms with Gasteiger partial charge in [0.05, 0.1) is 0 Å². The molecule has 2 fully saturated rings.